The highest BCUT2D eigenvalue weighted by molar-refractivity contribution is 14.1. The second-order valence-electron chi connectivity index (χ2n) is 3.95. The second-order valence-corrected chi connectivity index (χ2v) is 5.11. The van der Waals surface area contributed by atoms with Crippen molar-refractivity contribution in [2.45, 2.75) is 25.3 Å². The van der Waals surface area contributed by atoms with Gasteiger partial charge in [0.2, 0.25) is 0 Å². The Bertz CT molecular complexity index is 402. The van der Waals surface area contributed by atoms with E-state index in [9.17, 15) is 4.79 Å². The summed E-state index contributed by atoms with van der Waals surface area (Å²) in [5, 5.41) is 3.03. The van der Waals surface area contributed by atoms with Crippen LogP contribution in [0.1, 0.15) is 29.6 Å². The van der Waals surface area contributed by atoms with Crippen molar-refractivity contribution in [3.05, 3.63) is 27.3 Å². The summed E-state index contributed by atoms with van der Waals surface area (Å²) in [6, 6.07) is 5.92. The van der Waals surface area contributed by atoms with Gasteiger partial charge in [-0.2, -0.15) is 0 Å². The molecule has 1 aromatic rings. The first-order chi connectivity index (χ1) is 7.70. The Morgan fingerprint density at radius 1 is 1.50 bits per heavy atom. The molecule has 1 fully saturated rings. The van der Waals surface area contributed by atoms with Crippen LogP contribution in [0, 0.1) is 3.57 Å². The minimum Gasteiger partial charge on any atom is -0.497 e. The van der Waals surface area contributed by atoms with Crippen LogP contribution in [0.4, 0.5) is 0 Å². The highest BCUT2D eigenvalue weighted by atomic mass is 127. The van der Waals surface area contributed by atoms with Gasteiger partial charge in [-0.05, 0) is 60.1 Å². The largest absolute Gasteiger partial charge is 0.497 e. The van der Waals surface area contributed by atoms with Gasteiger partial charge in [0.25, 0.3) is 5.91 Å². The molecule has 0 saturated heterocycles. The Morgan fingerprint density at radius 3 is 2.81 bits per heavy atom. The number of hydrogen-bond donors (Lipinski definition) is 1. The zero-order valence-corrected chi connectivity index (χ0v) is 11.3. The van der Waals surface area contributed by atoms with Gasteiger partial charge in [0, 0.05) is 9.61 Å². The Morgan fingerprint density at radius 2 is 2.25 bits per heavy atom. The van der Waals surface area contributed by atoms with Crippen molar-refractivity contribution in [3.8, 4) is 5.75 Å². The molecule has 1 N–H and O–H groups in total. The lowest BCUT2D eigenvalue weighted by molar-refractivity contribution is 0.0915. The van der Waals surface area contributed by atoms with Gasteiger partial charge in [-0.3, -0.25) is 4.79 Å². The number of hydrogen-bond acceptors (Lipinski definition) is 2. The van der Waals surface area contributed by atoms with Gasteiger partial charge in [-0.25, -0.2) is 0 Å². The zero-order chi connectivity index (χ0) is 11.5. The SMILES string of the molecule is COc1ccc(I)c(C(=O)NC2CCC2)c1. The standard InChI is InChI=1S/C12H14INO2/c1-16-9-5-6-11(13)10(7-9)12(15)14-8-3-2-4-8/h5-8H,2-4H2,1H3,(H,14,15). The van der Waals surface area contributed by atoms with Gasteiger partial charge in [0.05, 0.1) is 12.7 Å². The van der Waals surface area contributed by atoms with Gasteiger partial charge in [-0.15, -0.1) is 0 Å². The van der Waals surface area contributed by atoms with Crippen LogP contribution in [0.15, 0.2) is 18.2 Å². The smallest absolute Gasteiger partial charge is 0.252 e. The van der Waals surface area contributed by atoms with Crippen LogP contribution in [-0.4, -0.2) is 19.1 Å². The summed E-state index contributed by atoms with van der Waals surface area (Å²) in [5.41, 5.74) is 0.701. The van der Waals surface area contributed by atoms with Crippen molar-refractivity contribution in [2.75, 3.05) is 7.11 Å². The predicted octanol–water partition coefficient (Wildman–Crippen LogP) is 2.58. The number of methoxy groups -OCH3 is 1. The lowest BCUT2D eigenvalue weighted by atomic mass is 9.93. The summed E-state index contributed by atoms with van der Waals surface area (Å²) >= 11 is 2.17. The molecule has 0 spiro atoms. The Kier molecular flexibility index (Phi) is 3.68. The van der Waals surface area contributed by atoms with Crippen LogP contribution >= 0.6 is 22.6 Å². The molecule has 0 heterocycles. The van der Waals surface area contributed by atoms with Crippen molar-refractivity contribution in [2.24, 2.45) is 0 Å². The Balaban J connectivity index is 2.13. The van der Waals surface area contributed by atoms with Crippen molar-refractivity contribution < 1.29 is 9.53 Å². The third kappa shape index (κ3) is 2.48. The van der Waals surface area contributed by atoms with E-state index in [-0.39, 0.29) is 5.91 Å². The van der Waals surface area contributed by atoms with E-state index in [1.807, 2.05) is 12.1 Å². The van der Waals surface area contributed by atoms with E-state index in [2.05, 4.69) is 27.9 Å². The number of halogens is 1. The third-order valence-electron chi connectivity index (χ3n) is 2.86. The van der Waals surface area contributed by atoms with Gasteiger partial charge in [0.15, 0.2) is 0 Å². The molecule has 1 saturated carbocycles. The molecule has 4 heteroatoms. The number of amides is 1. The van der Waals surface area contributed by atoms with Crippen molar-refractivity contribution in [1.29, 1.82) is 0 Å². The topological polar surface area (TPSA) is 38.3 Å². The van der Waals surface area contributed by atoms with Crippen LogP contribution in [-0.2, 0) is 0 Å². The maximum atomic E-state index is 12.0. The maximum absolute atomic E-state index is 12.0. The molecule has 0 aliphatic heterocycles. The number of carbonyl (C=O) groups excluding carboxylic acids is 1. The van der Waals surface area contributed by atoms with E-state index in [0.29, 0.717) is 11.6 Å². The minimum absolute atomic E-state index is 0.00741. The second kappa shape index (κ2) is 5.03. The van der Waals surface area contributed by atoms with E-state index in [1.165, 1.54) is 6.42 Å². The molecule has 1 aromatic carbocycles. The maximum Gasteiger partial charge on any atom is 0.252 e. The monoisotopic (exact) mass is 331 g/mol. The number of carbonyl (C=O) groups is 1. The third-order valence-corrected chi connectivity index (χ3v) is 3.80. The van der Waals surface area contributed by atoms with E-state index < -0.39 is 0 Å². The molecule has 1 amide bonds. The lowest BCUT2D eigenvalue weighted by Gasteiger charge is -2.26. The Labute approximate surface area is 109 Å². The van der Waals surface area contributed by atoms with Crippen LogP contribution in [0.2, 0.25) is 0 Å². The fourth-order valence-corrected chi connectivity index (χ4v) is 2.20. The zero-order valence-electron chi connectivity index (χ0n) is 9.13. The van der Waals surface area contributed by atoms with E-state index in [4.69, 9.17) is 4.74 Å². The average Bonchev–Trinajstić information content (AvgIpc) is 2.24. The summed E-state index contributed by atoms with van der Waals surface area (Å²) < 4.78 is 6.08. The normalized spacial score (nSPS) is 15.4. The molecular formula is C12H14INO2. The van der Waals surface area contributed by atoms with E-state index in [1.54, 1.807) is 13.2 Å². The van der Waals surface area contributed by atoms with Crippen molar-refractivity contribution in [3.63, 3.8) is 0 Å². The molecule has 1 aliphatic carbocycles. The van der Waals surface area contributed by atoms with E-state index in [0.717, 1.165) is 22.2 Å². The summed E-state index contributed by atoms with van der Waals surface area (Å²) in [7, 11) is 1.61. The summed E-state index contributed by atoms with van der Waals surface area (Å²) in [4.78, 5) is 12.0. The quantitative estimate of drug-likeness (QED) is 0.865. The molecule has 0 unspecified atom stereocenters. The molecule has 3 nitrogen and oxygen atoms in total. The number of rotatable bonds is 3. The molecule has 0 aromatic heterocycles. The molecular weight excluding hydrogens is 317 g/mol. The van der Waals surface area contributed by atoms with E-state index >= 15 is 0 Å². The predicted molar refractivity (Wildman–Crippen MR) is 70.8 cm³/mol. The number of benzene rings is 1. The van der Waals surface area contributed by atoms with Crippen LogP contribution in [0.3, 0.4) is 0 Å². The van der Waals surface area contributed by atoms with Gasteiger partial charge in [-0.1, -0.05) is 0 Å². The molecule has 0 bridgehead atoms. The van der Waals surface area contributed by atoms with Gasteiger partial charge < -0.3 is 10.1 Å². The Hall–Kier alpha value is -0.780. The summed E-state index contributed by atoms with van der Waals surface area (Å²) in [6.45, 7) is 0. The fraction of sp³-hybridized carbons (Fsp3) is 0.417. The van der Waals surface area contributed by atoms with Crippen LogP contribution in [0.5, 0.6) is 5.75 Å². The van der Waals surface area contributed by atoms with Crippen molar-refractivity contribution in [1.82, 2.24) is 5.32 Å². The molecule has 16 heavy (non-hydrogen) atoms. The van der Waals surface area contributed by atoms with Crippen LogP contribution < -0.4 is 10.1 Å². The number of ether oxygens (including phenoxy) is 1. The molecule has 0 radical (unpaired) electrons. The van der Waals surface area contributed by atoms with Gasteiger partial charge >= 0.3 is 0 Å². The first-order valence-electron chi connectivity index (χ1n) is 5.35. The van der Waals surface area contributed by atoms with Gasteiger partial charge in [0.1, 0.15) is 5.75 Å². The molecule has 0 atom stereocenters. The van der Waals surface area contributed by atoms with Crippen LogP contribution in [0.25, 0.3) is 0 Å². The molecule has 86 valence electrons. The number of nitrogens with one attached hydrogen (secondary N) is 1. The first-order valence-corrected chi connectivity index (χ1v) is 6.43. The highest BCUT2D eigenvalue weighted by Crippen LogP contribution is 2.22. The minimum atomic E-state index is 0.00741. The fourth-order valence-electron chi connectivity index (χ4n) is 1.62. The first kappa shape index (κ1) is 11.7. The highest BCUT2D eigenvalue weighted by Gasteiger charge is 2.21. The lowest BCUT2D eigenvalue weighted by Crippen LogP contribution is -2.39. The summed E-state index contributed by atoms with van der Waals surface area (Å²) in [5.74, 6) is 0.729. The summed E-state index contributed by atoms with van der Waals surface area (Å²) in [6.07, 6.45) is 3.43. The van der Waals surface area contributed by atoms with Crippen molar-refractivity contribution >= 4 is 28.5 Å². The molecule has 1 aliphatic rings. The average molecular weight is 331 g/mol. The molecule has 2 rings (SSSR count).